The Balaban J connectivity index is 2.31. The minimum Gasteiger partial charge on any atom is -0.497 e. The van der Waals surface area contributed by atoms with E-state index in [0.717, 1.165) is 11.3 Å². The monoisotopic (exact) mass is 438 g/mol. The number of aryl methyl sites for hydroxylation is 1. The van der Waals surface area contributed by atoms with Gasteiger partial charge in [0.15, 0.2) is 5.78 Å². The molecule has 0 N–H and O–H groups in total. The highest BCUT2D eigenvalue weighted by atomic mass is 35.5. The van der Waals surface area contributed by atoms with Gasteiger partial charge in [-0.05, 0) is 56.2 Å². The van der Waals surface area contributed by atoms with E-state index in [-0.39, 0.29) is 10.6 Å². The average molecular weight is 439 g/mol. The number of carbonyl (C=O) groups is 2. The van der Waals surface area contributed by atoms with Crippen molar-refractivity contribution in [2.75, 3.05) is 14.2 Å². The number of hydrogen-bond acceptors (Lipinski definition) is 5. The zero-order chi connectivity index (χ0) is 21.8. The summed E-state index contributed by atoms with van der Waals surface area (Å²) in [5.41, 5.74) is 1.44. The van der Waals surface area contributed by atoms with Gasteiger partial charge in [0.2, 0.25) is 0 Å². The first-order valence-corrected chi connectivity index (χ1v) is 10.3. The second kappa shape index (κ2) is 9.63. The molecule has 1 atom stereocenters. The Labute approximate surface area is 179 Å². The molecule has 0 saturated carbocycles. The third-order valence-corrected chi connectivity index (χ3v) is 6.28. The molecule has 2 aromatic rings. The highest BCUT2D eigenvalue weighted by molar-refractivity contribution is 8.00. The first-order chi connectivity index (χ1) is 13.6. The van der Waals surface area contributed by atoms with Gasteiger partial charge in [0.1, 0.15) is 17.5 Å². The van der Waals surface area contributed by atoms with Crippen molar-refractivity contribution >= 4 is 35.1 Å². The van der Waals surface area contributed by atoms with Crippen LogP contribution < -0.4 is 4.74 Å². The first kappa shape index (κ1) is 23.2. The van der Waals surface area contributed by atoms with Crippen LogP contribution in [0.5, 0.6) is 5.75 Å². The Morgan fingerprint density at radius 1 is 1.17 bits per heavy atom. The van der Waals surface area contributed by atoms with Crippen LogP contribution in [0.15, 0.2) is 36.4 Å². The van der Waals surface area contributed by atoms with Crippen LogP contribution in [0.1, 0.15) is 36.5 Å². The summed E-state index contributed by atoms with van der Waals surface area (Å²) in [5.74, 6) is -2.17. The van der Waals surface area contributed by atoms with E-state index in [1.165, 1.54) is 31.0 Å². The van der Waals surface area contributed by atoms with Crippen LogP contribution in [-0.2, 0) is 20.1 Å². The van der Waals surface area contributed by atoms with Crippen LogP contribution >= 0.6 is 23.4 Å². The number of methoxy groups -OCH3 is 2. The van der Waals surface area contributed by atoms with Crippen LogP contribution in [-0.4, -0.2) is 30.7 Å². The predicted octanol–water partition coefficient (Wildman–Crippen LogP) is 5.33. The van der Waals surface area contributed by atoms with E-state index in [1.54, 1.807) is 27.9 Å². The number of thioether (sulfide) groups is 1. The molecule has 1 unspecified atom stereocenters. The Morgan fingerprint density at radius 3 is 2.31 bits per heavy atom. The Hall–Kier alpha value is -2.05. The van der Waals surface area contributed by atoms with Gasteiger partial charge >= 0.3 is 5.97 Å². The van der Waals surface area contributed by atoms with Crippen LogP contribution in [0, 0.1) is 12.7 Å². The lowest BCUT2D eigenvalue weighted by atomic mass is 9.87. The van der Waals surface area contributed by atoms with Crippen LogP contribution in [0.4, 0.5) is 4.39 Å². The highest BCUT2D eigenvalue weighted by Crippen LogP contribution is 2.38. The van der Waals surface area contributed by atoms with Crippen molar-refractivity contribution < 1.29 is 23.5 Å². The molecule has 0 fully saturated rings. The zero-order valence-corrected chi connectivity index (χ0v) is 18.6. The van der Waals surface area contributed by atoms with E-state index in [9.17, 15) is 14.0 Å². The van der Waals surface area contributed by atoms with Gasteiger partial charge < -0.3 is 9.47 Å². The predicted molar refractivity (Wildman–Crippen MR) is 114 cm³/mol. The van der Waals surface area contributed by atoms with E-state index >= 15 is 0 Å². The molecule has 0 bridgehead atoms. The molecule has 0 amide bonds. The molecule has 0 aliphatic rings. The second-order valence-electron chi connectivity index (χ2n) is 7.11. The van der Waals surface area contributed by atoms with Crippen molar-refractivity contribution in [3.8, 4) is 5.75 Å². The van der Waals surface area contributed by atoms with Crippen molar-refractivity contribution in [1.29, 1.82) is 0 Å². The topological polar surface area (TPSA) is 52.6 Å². The molecule has 0 heterocycles. The molecule has 0 aromatic heterocycles. The summed E-state index contributed by atoms with van der Waals surface area (Å²) in [6, 6.07) is 10.3. The van der Waals surface area contributed by atoms with Crippen molar-refractivity contribution in [1.82, 2.24) is 0 Å². The molecule has 0 aliphatic heterocycles. The molecule has 0 radical (unpaired) electrons. The van der Waals surface area contributed by atoms with Crippen molar-refractivity contribution in [3.63, 3.8) is 0 Å². The van der Waals surface area contributed by atoms with Gasteiger partial charge in [-0.15, -0.1) is 11.8 Å². The first-order valence-electron chi connectivity index (χ1n) is 8.95. The van der Waals surface area contributed by atoms with E-state index in [4.69, 9.17) is 21.1 Å². The second-order valence-corrected chi connectivity index (χ2v) is 9.11. The third-order valence-electron chi connectivity index (χ3n) is 4.56. The number of hydrogen-bond donors (Lipinski definition) is 0. The summed E-state index contributed by atoms with van der Waals surface area (Å²) in [5, 5.41) is 0.0298. The molecule has 0 aliphatic carbocycles. The molecule has 7 heteroatoms. The minimum atomic E-state index is -1.44. The molecule has 2 rings (SSSR count). The minimum absolute atomic E-state index is 0.0298. The largest absolute Gasteiger partial charge is 0.497 e. The van der Waals surface area contributed by atoms with E-state index < -0.39 is 28.2 Å². The Kier molecular flexibility index (Phi) is 7.72. The summed E-state index contributed by atoms with van der Waals surface area (Å²) >= 11 is 7.56. The molecular weight excluding hydrogens is 415 g/mol. The molecular formula is C22H24ClFO4S. The number of ketones is 1. The normalized spacial score (nSPS) is 12.4. The summed E-state index contributed by atoms with van der Waals surface area (Å²) in [7, 11) is 2.76. The van der Waals surface area contributed by atoms with Crippen molar-refractivity contribution in [2.24, 2.45) is 0 Å². The maximum absolute atomic E-state index is 14.7. The van der Waals surface area contributed by atoms with Crippen LogP contribution in [0.3, 0.4) is 0 Å². The lowest BCUT2D eigenvalue weighted by Gasteiger charge is -2.27. The summed E-state index contributed by atoms with van der Waals surface area (Å²) in [4.78, 5) is 25.8. The maximum atomic E-state index is 14.7. The number of ether oxygens (including phenoxy) is 2. The molecule has 2 aromatic carbocycles. The number of rotatable bonds is 8. The third kappa shape index (κ3) is 5.52. The zero-order valence-electron chi connectivity index (χ0n) is 17.0. The van der Waals surface area contributed by atoms with Gasteiger partial charge in [-0.2, -0.15) is 0 Å². The van der Waals surface area contributed by atoms with Gasteiger partial charge in [0.25, 0.3) is 0 Å². The van der Waals surface area contributed by atoms with E-state index in [2.05, 4.69) is 0 Å². The number of esters is 1. The van der Waals surface area contributed by atoms with Crippen molar-refractivity contribution in [2.45, 2.75) is 37.2 Å². The van der Waals surface area contributed by atoms with Gasteiger partial charge in [-0.25, -0.2) is 4.39 Å². The summed E-state index contributed by atoms with van der Waals surface area (Å²) < 4.78 is 23.6. The lowest BCUT2D eigenvalue weighted by Crippen LogP contribution is -2.38. The number of benzene rings is 2. The fourth-order valence-corrected chi connectivity index (χ4v) is 4.22. The van der Waals surface area contributed by atoms with Gasteiger partial charge in [0.05, 0.1) is 19.0 Å². The quantitative estimate of drug-likeness (QED) is 0.411. The number of halogens is 2. The van der Waals surface area contributed by atoms with Gasteiger partial charge in [-0.1, -0.05) is 23.7 Å². The SMILES string of the molecule is COC(=O)C(C(=O)C(C)(C)SCc1ccc(OC)cc1)c1c(F)cc(C)cc1Cl. The standard InChI is InChI=1S/C22H24ClFO4S/c1-13-10-16(23)18(17(24)11-13)19(21(26)28-5)20(25)22(2,3)29-12-14-6-8-15(27-4)9-7-14/h6-11,19H,12H2,1-5H3. The Morgan fingerprint density at radius 2 is 1.79 bits per heavy atom. The maximum Gasteiger partial charge on any atom is 0.320 e. The molecule has 29 heavy (non-hydrogen) atoms. The average Bonchev–Trinajstić information content (AvgIpc) is 2.68. The van der Waals surface area contributed by atoms with Gasteiger partial charge in [0, 0.05) is 16.3 Å². The highest BCUT2D eigenvalue weighted by Gasteiger charge is 2.42. The van der Waals surface area contributed by atoms with Crippen molar-refractivity contribution in [3.05, 3.63) is 63.9 Å². The number of carbonyl (C=O) groups excluding carboxylic acids is 2. The van der Waals surface area contributed by atoms with E-state index in [0.29, 0.717) is 11.3 Å². The van der Waals surface area contributed by atoms with Gasteiger partial charge in [-0.3, -0.25) is 9.59 Å². The summed E-state index contributed by atoms with van der Waals surface area (Å²) in [6.45, 7) is 5.10. The van der Waals surface area contributed by atoms with Crippen LogP contribution in [0.25, 0.3) is 0 Å². The molecule has 4 nitrogen and oxygen atoms in total. The lowest BCUT2D eigenvalue weighted by molar-refractivity contribution is -0.146. The van der Waals surface area contributed by atoms with E-state index in [1.807, 2.05) is 24.3 Å². The number of Topliss-reactive ketones (excluding diaryl/α,β-unsaturated/α-hetero) is 1. The fraction of sp³-hybridized carbons (Fsp3) is 0.364. The molecule has 156 valence electrons. The Bertz CT molecular complexity index is 873. The smallest absolute Gasteiger partial charge is 0.320 e. The fourth-order valence-electron chi connectivity index (χ4n) is 2.86. The van der Waals surface area contributed by atoms with Crippen LogP contribution in [0.2, 0.25) is 5.02 Å². The summed E-state index contributed by atoms with van der Waals surface area (Å²) in [6.07, 6.45) is 0. The molecule has 0 saturated heterocycles. The molecule has 0 spiro atoms.